The van der Waals surface area contributed by atoms with Crippen molar-refractivity contribution in [2.24, 2.45) is 5.41 Å². The van der Waals surface area contributed by atoms with Gasteiger partial charge in [-0.05, 0) is 31.9 Å². The van der Waals surface area contributed by atoms with Gasteiger partial charge in [-0.2, -0.15) is 0 Å². The minimum absolute atomic E-state index is 0.218. The molecule has 2 rings (SSSR count). The van der Waals surface area contributed by atoms with Gasteiger partial charge in [-0.25, -0.2) is 0 Å². The number of nitrogens with one attached hydrogen (secondary N) is 2. The van der Waals surface area contributed by atoms with E-state index in [2.05, 4.69) is 17.2 Å². The summed E-state index contributed by atoms with van der Waals surface area (Å²) in [5.74, 6) is -0.475. The minimum atomic E-state index is -0.868. The molecule has 1 aliphatic carbocycles. The Hall–Kier alpha value is -2.62. The first-order chi connectivity index (χ1) is 13.1. The van der Waals surface area contributed by atoms with Crippen molar-refractivity contribution in [3.63, 3.8) is 0 Å². The molecule has 4 nitrogen and oxygen atoms in total. The molecule has 0 heterocycles. The van der Waals surface area contributed by atoms with Crippen LogP contribution in [0.15, 0.2) is 73.0 Å². The maximum Gasteiger partial charge on any atom is 0.240 e. The smallest absolute Gasteiger partial charge is 0.240 e. The Bertz CT molecular complexity index is 559. The standard InChI is InChI=1S/C13H18N2O2.C6H6.2C2H6/c1-4-6-7-10(5-2)15-12(17)13(8-9-13)11(16)14-3;1-2-4-6-5-3-1;2*1-2/h4-7H,2,8-9H2,1,3H3,(H,14,16)(H,15,17);1-6H;2*1-2H3/b6-4-,10-7+;;;. The summed E-state index contributed by atoms with van der Waals surface area (Å²) < 4.78 is 0. The second kappa shape index (κ2) is 16.8. The van der Waals surface area contributed by atoms with Crippen LogP contribution in [0.4, 0.5) is 0 Å². The quantitative estimate of drug-likeness (QED) is 0.563. The van der Waals surface area contributed by atoms with Gasteiger partial charge in [0.2, 0.25) is 11.8 Å². The number of hydrogen-bond donors (Lipinski definition) is 2. The van der Waals surface area contributed by atoms with Gasteiger partial charge in [0.1, 0.15) is 5.41 Å². The molecule has 1 fully saturated rings. The van der Waals surface area contributed by atoms with Gasteiger partial charge < -0.3 is 10.6 Å². The van der Waals surface area contributed by atoms with Crippen LogP contribution in [0, 0.1) is 5.41 Å². The van der Waals surface area contributed by atoms with Gasteiger partial charge in [-0.3, -0.25) is 9.59 Å². The topological polar surface area (TPSA) is 58.2 Å². The predicted octanol–water partition coefficient (Wildman–Crippen LogP) is 5.01. The molecule has 0 spiro atoms. The highest BCUT2D eigenvalue weighted by molar-refractivity contribution is 6.08. The molecule has 150 valence electrons. The van der Waals surface area contributed by atoms with Crippen molar-refractivity contribution in [3.05, 3.63) is 73.0 Å². The van der Waals surface area contributed by atoms with Gasteiger partial charge in [0.15, 0.2) is 0 Å². The van der Waals surface area contributed by atoms with Crippen molar-refractivity contribution in [2.75, 3.05) is 7.05 Å². The van der Waals surface area contributed by atoms with E-state index in [1.54, 1.807) is 25.3 Å². The molecule has 27 heavy (non-hydrogen) atoms. The van der Waals surface area contributed by atoms with Crippen LogP contribution in [-0.4, -0.2) is 18.9 Å². The maximum absolute atomic E-state index is 12.0. The fraction of sp³-hybridized carbons (Fsp3) is 0.391. The Morgan fingerprint density at radius 1 is 0.926 bits per heavy atom. The van der Waals surface area contributed by atoms with Crippen LogP contribution in [0.3, 0.4) is 0 Å². The normalized spacial score (nSPS) is 13.3. The Morgan fingerprint density at radius 3 is 1.67 bits per heavy atom. The van der Waals surface area contributed by atoms with Crippen molar-refractivity contribution >= 4 is 11.8 Å². The van der Waals surface area contributed by atoms with Crippen molar-refractivity contribution < 1.29 is 9.59 Å². The molecular weight excluding hydrogens is 336 g/mol. The molecule has 0 unspecified atom stereocenters. The number of amides is 2. The van der Waals surface area contributed by atoms with E-state index in [0.29, 0.717) is 18.5 Å². The lowest BCUT2D eigenvalue weighted by molar-refractivity contribution is -0.136. The highest BCUT2D eigenvalue weighted by Crippen LogP contribution is 2.46. The van der Waals surface area contributed by atoms with Gasteiger partial charge in [-0.1, -0.05) is 82.8 Å². The number of rotatable bonds is 5. The zero-order chi connectivity index (χ0) is 21.1. The number of benzene rings is 1. The number of hydrogen-bond acceptors (Lipinski definition) is 2. The summed E-state index contributed by atoms with van der Waals surface area (Å²) >= 11 is 0. The van der Waals surface area contributed by atoms with Crippen molar-refractivity contribution in [3.8, 4) is 0 Å². The number of allylic oxidation sites excluding steroid dienone is 4. The SMILES string of the molecule is C=C/C(=C\C=C/C)NC(=O)C1(C(=O)NC)CC1.CC.CC.c1ccccc1. The van der Waals surface area contributed by atoms with Crippen LogP contribution in [0.25, 0.3) is 0 Å². The van der Waals surface area contributed by atoms with Crippen LogP contribution in [0.2, 0.25) is 0 Å². The van der Waals surface area contributed by atoms with Crippen LogP contribution < -0.4 is 10.6 Å². The van der Waals surface area contributed by atoms with E-state index in [0.717, 1.165) is 0 Å². The summed E-state index contributed by atoms with van der Waals surface area (Å²) in [5, 5.41) is 5.24. The van der Waals surface area contributed by atoms with Crippen molar-refractivity contribution in [2.45, 2.75) is 47.5 Å². The third-order valence-electron chi connectivity index (χ3n) is 3.46. The summed E-state index contributed by atoms with van der Waals surface area (Å²) in [4.78, 5) is 23.6. The Labute approximate surface area is 165 Å². The van der Waals surface area contributed by atoms with E-state index in [-0.39, 0.29) is 11.8 Å². The predicted molar refractivity (Wildman–Crippen MR) is 116 cm³/mol. The highest BCUT2D eigenvalue weighted by Gasteiger charge is 2.56. The fourth-order valence-electron chi connectivity index (χ4n) is 1.92. The van der Waals surface area contributed by atoms with E-state index in [1.807, 2.05) is 77.1 Å². The lowest BCUT2D eigenvalue weighted by atomic mass is 10.1. The fourth-order valence-corrected chi connectivity index (χ4v) is 1.92. The van der Waals surface area contributed by atoms with Gasteiger partial charge >= 0.3 is 0 Å². The summed E-state index contributed by atoms with van der Waals surface area (Å²) in [7, 11) is 1.54. The van der Waals surface area contributed by atoms with E-state index in [4.69, 9.17) is 0 Å². The molecule has 2 amide bonds. The van der Waals surface area contributed by atoms with Gasteiger partial charge in [0.05, 0.1) is 0 Å². The highest BCUT2D eigenvalue weighted by atomic mass is 16.2. The molecule has 0 aliphatic heterocycles. The molecule has 1 saturated carbocycles. The molecule has 1 aromatic carbocycles. The largest absolute Gasteiger partial charge is 0.358 e. The molecule has 2 N–H and O–H groups in total. The zero-order valence-electron chi connectivity index (χ0n) is 17.7. The Kier molecular flexibility index (Phi) is 16.6. The first-order valence-electron chi connectivity index (χ1n) is 9.59. The molecule has 4 heteroatoms. The molecule has 0 radical (unpaired) electrons. The average Bonchev–Trinajstić information content (AvgIpc) is 3.57. The summed E-state index contributed by atoms with van der Waals surface area (Å²) in [6.07, 6.45) is 8.15. The van der Waals surface area contributed by atoms with Crippen molar-refractivity contribution in [1.29, 1.82) is 0 Å². The van der Waals surface area contributed by atoms with Crippen LogP contribution >= 0.6 is 0 Å². The molecule has 1 aliphatic rings. The van der Waals surface area contributed by atoms with Crippen LogP contribution in [0.1, 0.15) is 47.5 Å². The van der Waals surface area contributed by atoms with E-state index >= 15 is 0 Å². The summed E-state index contributed by atoms with van der Waals surface area (Å²) in [5.41, 5.74) is -0.268. The molecule has 0 atom stereocenters. The molecule has 1 aromatic rings. The monoisotopic (exact) mass is 372 g/mol. The van der Waals surface area contributed by atoms with E-state index in [1.165, 1.54) is 0 Å². The van der Waals surface area contributed by atoms with E-state index in [9.17, 15) is 9.59 Å². The first kappa shape index (κ1) is 26.6. The molecular formula is C23H36N2O2. The van der Waals surface area contributed by atoms with Crippen molar-refractivity contribution in [1.82, 2.24) is 10.6 Å². The van der Waals surface area contributed by atoms with Crippen LogP contribution in [0.5, 0.6) is 0 Å². The summed E-state index contributed by atoms with van der Waals surface area (Å²) in [6, 6.07) is 12.0. The van der Waals surface area contributed by atoms with E-state index < -0.39 is 5.41 Å². The third kappa shape index (κ3) is 10.2. The van der Waals surface area contributed by atoms with Gasteiger partial charge in [0, 0.05) is 12.7 Å². The number of carbonyl (C=O) groups excluding carboxylic acids is 2. The Balaban J connectivity index is 0. The minimum Gasteiger partial charge on any atom is -0.358 e. The van der Waals surface area contributed by atoms with Gasteiger partial charge in [0.25, 0.3) is 0 Å². The molecule has 0 saturated heterocycles. The third-order valence-corrected chi connectivity index (χ3v) is 3.46. The summed E-state index contributed by atoms with van der Waals surface area (Å²) in [6.45, 7) is 13.5. The molecule has 0 aromatic heterocycles. The first-order valence-corrected chi connectivity index (χ1v) is 9.59. The second-order valence-electron chi connectivity index (χ2n) is 5.12. The maximum atomic E-state index is 12.0. The number of carbonyl (C=O) groups is 2. The Morgan fingerprint density at radius 2 is 1.37 bits per heavy atom. The zero-order valence-corrected chi connectivity index (χ0v) is 17.7. The second-order valence-corrected chi connectivity index (χ2v) is 5.12. The lowest BCUT2D eigenvalue weighted by Gasteiger charge is -2.13. The lowest BCUT2D eigenvalue weighted by Crippen LogP contribution is -2.41. The van der Waals surface area contributed by atoms with Crippen LogP contribution in [-0.2, 0) is 9.59 Å². The molecule has 0 bridgehead atoms. The average molecular weight is 373 g/mol. The van der Waals surface area contributed by atoms with Gasteiger partial charge in [-0.15, -0.1) is 0 Å².